The second-order valence-electron chi connectivity index (χ2n) is 5.47. The third-order valence-corrected chi connectivity index (χ3v) is 3.61. The SMILES string of the molecule is CCNC(=NCC(C)CO)NCC(CC)Oc1ccccc1Cl. The van der Waals surface area contributed by atoms with Crippen LogP contribution < -0.4 is 15.4 Å². The van der Waals surface area contributed by atoms with Gasteiger partial charge in [0.25, 0.3) is 0 Å². The molecule has 0 bridgehead atoms. The molecule has 0 saturated carbocycles. The molecule has 0 spiro atoms. The van der Waals surface area contributed by atoms with Crippen LogP contribution in [0.1, 0.15) is 27.2 Å². The Morgan fingerprint density at radius 2 is 2.04 bits per heavy atom. The number of aliphatic hydroxyl groups excluding tert-OH is 1. The molecule has 130 valence electrons. The van der Waals surface area contributed by atoms with Crippen LogP contribution in [0.5, 0.6) is 5.75 Å². The van der Waals surface area contributed by atoms with E-state index >= 15 is 0 Å². The van der Waals surface area contributed by atoms with Crippen molar-refractivity contribution in [2.75, 3.05) is 26.2 Å². The van der Waals surface area contributed by atoms with Gasteiger partial charge in [-0.25, -0.2) is 0 Å². The number of nitrogens with zero attached hydrogens (tertiary/aromatic N) is 1. The summed E-state index contributed by atoms with van der Waals surface area (Å²) in [7, 11) is 0. The third kappa shape index (κ3) is 7.57. The van der Waals surface area contributed by atoms with Crippen LogP contribution in [0.15, 0.2) is 29.3 Å². The van der Waals surface area contributed by atoms with Crippen molar-refractivity contribution in [3.8, 4) is 5.75 Å². The number of benzene rings is 1. The molecular formula is C17H28ClN3O2. The van der Waals surface area contributed by atoms with Gasteiger partial charge in [0.1, 0.15) is 11.9 Å². The molecule has 0 amide bonds. The fraction of sp³-hybridized carbons (Fsp3) is 0.588. The van der Waals surface area contributed by atoms with Gasteiger partial charge in [-0.2, -0.15) is 0 Å². The van der Waals surface area contributed by atoms with Crippen molar-refractivity contribution in [2.24, 2.45) is 10.9 Å². The molecule has 23 heavy (non-hydrogen) atoms. The molecule has 0 aromatic heterocycles. The number of ether oxygens (including phenoxy) is 1. The molecule has 1 aromatic rings. The number of hydrogen-bond donors (Lipinski definition) is 3. The lowest BCUT2D eigenvalue weighted by atomic mass is 10.2. The maximum absolute atomic E-state index is 9.08. The van der Waals surface area contributed by atoms with Crippen LogP contribution in [-0.2, 0) is 0 Å². The van der Waals surface area contributed by atoms with Crippen molar-refractivity contribution in [2.45, 2.75) is 33.3 Å². The summed E-state index contributed by atoms with van der Waals surface area (Å²) in [5.41, 5.74) is 0. The Morgan fingerprint density at radius 3 is 2.65 bits per heavy atom. The minimum absolute atomic E-state index is 0.00554. The van der Waals surface area contributed by atoms with Crippen molar-refractivity contribution < 1.29 is 9.84 Å². The van der Waals surface area contributed by atoms with E-state index in [2.05, 4.69) is 22.5 Å². The Labute approximate surface area is 144 Å². The third-order valence-electron chi connectivity index (χ3n) is 3.30. The van der Waals surface area contributed by atoms with Gasteiger partial charge in [-0.05, 0) is 31.4 Å². The maximum Gasteiger partial charge on any atom is 0.191 e. The van der Waals surface area contributed by atoms with Crippen LogP contribution >= 0.6 is 11.6 Å². The number of guanidine groups is 1. The number of hydrogen-bond acceptors (Lipinski definition) is 3. The molecule has 0 heterocycles. The van der Waals surface area contributed by atoms with Gasteiger partial charge >= 0.3 is 0 Å². The highest BCUT2D eigenvalue weighted by molar-refractivity contribution is 6.32. The summed E-state index contributed by atoms with van der Waals surface area (Å²) in [5, 5.41) is 16.2. The maximum atomic E-state index is 9.08. The lowest BCUT2D eigenvalue weighted by molar-refractivity contribution is 0.199. The highest BCUT2D eigenvalue weighted by atomic mass is 35.5. The highest BCUT2D eigenvalue weighted by Gasteiger charge is 2.11. The van der Waals surface area contributed by atoms with E-state index in [-0.39, 0.29) is 18.6 Å². The van der Waals surface area contributed by atoms with Gasteiger partial charge in [-0.3, -0.25) is 4.99 Å². The Kier molecular flexibility index (Phi) is 9.48. The molecule has 5 nitrogen and oxygen atoms in total. The molecule has 1 aromatic carbocycles. The molecule has 2 unspecified atom stereocenters. The van der Waals surface area contributed by atoms with Gasteiger partial charge in [0, 0.05) is 19.7 Å². The molecule has 0 radical (unpaired) electrons. The van der Waals surface area contributed by atoms with Gasteiger partial charge < -0.3 is 20.5 Å². The largest absolute Gasteiger partial charge is 0.487 e. The predicted octanol–water partition coefficient (Wildman–Crippen LogP) is 2.68. The molecule has 2 atom stereocenters. The zero-order valence-corrected chi connectivity index (χ0v) is 14.9. The lowest BCUT2D eigenvalue weighted by Gasteiger charge is -2.20. The average Bonchev–Trinajstić information content (AvgIpc) is 2.57. The van der Waals surface area contributed by atoms with Crippen molar-refractivity contribution in [1.82, 2.24) is 10.6 Å². The van der Waals surface area contributed by atoms with E-state index in [1.807, 2.05) is 38.1 Å². The summed E-state index contributed by atoms with van der Waals surface area (Å²) in [6.07, 6.45) is 0.846. The molecule has 6 heteroatoms. The quantitative estimate of drug-likeness (QED) is 0.477. The van der Waals surface area contributed by atoms with E-state index in [4.69, 9.17) is 21.4 Å². The fourth-order valence-electron chi connectivity index (χ4n) is 1.85. The summed E-state index contributed by atoms with van der Waals surface area (Å²) >= 11 is 6.13. The zero-order chi connectivity index (χ0) is 17.1. The van der Waals surface area contributed by atoms with Crippen molar-refractivity contribution >= 4 is 17.6 Å². The molecule has 3 N–H and O–H groups in total. The summed E-state index contributed by atoms with van der Waals surface area (Å²) in [5.74, 6) is 1.57. The van der Waals surface area contributed by atoms with Gasteiger partial charge in [-0.1, -0.05) is 37.6 Å². The standard InChI is InChI=1S/C17H28ClN3O2/c1-4-14(23-16-9-7-6-8-15(16)18)11-21-17(19-5-2)20-10-13(3)12-22/h6-9,13-14,22H,4-5,10-12H2,1-3H3,(H2,19,20,21). The van der Waals surface area contributed by atoms with Gasteiger partial charge in [-0.15, -0.1) is 0 Å². The van der Waals surface area contributed by atoms with Crippen LogP contribution in [-0.4, -0.2) is 43.4 Å². The Balaban J connectivity index is 2.57. The molecule has 0 fully saturated rings. The fourth-order valence-corrected chi connectivity index (χ4v) is 2.03. The second kappa shape index (κ2) is 11.1. The highest BCUT2D eigenvalue weighted by Crippen LogP contribution is 2.24. The Hall–Kier alpha value is -1.46. The van der Waals surface area contributed by atoms with E-state index in [1.165, 1.54) is 0 Å². The molecule has 0 aliphatic carbocycles. The van der Waals surface area contributed by atoms with Gasteiger partial charge in [0.2, 0.25) is 0 Å². The number of rotatable bonds is 9. The first kappa shape index (κ1) is 19.6. The van der Waals surface area contributed by atoms with E-state index in [9.17, 15) is 0 Å². The normalized spacial score (nSPS) is 14.2. The number of halogens is 1. The number of nitrogens with one attached hydrogen (secondary N) is 2. The van der Waals surface area contributed by atoms with E-state index in [0.717, 1.165) is 18.9 Å². The van der Waals surface area contributed by atoms with Crippen molar-refractivity contribution in [3.63, 3.8) is 0 Å². The average molecular weight is 342 g/mol. The lowest BCUT2D eigenvalue weighted by Crippen LogP contribution is -2.42. The number of aliphatic imine (C=N–C) groups is 1. The van der Waals surface area contributed by atoms with E-state index in [0.29, 0.717) is 23.9 Å². The van der Waals surface area contributed by atoms with Crippen LogP contribution in [0.3, 0.4) is 0 Å². The van der Waals surface area contributed by atoms with Gasteiger partial charge in [0.05, 0.1) is 11.6 Å². The Morgan fingerprint density at radius 1 is 1.30 bits per heavy atom. The summed E-state index contributed by atoms with van der Waals surface area (Å²) in [4.78, 5) is 4.47. The van der Waals surface area contributed by atoms with Crippen LogP contribution in [0, 0.1) is 5.92 Å². The van der Waals surface area contributed by atoms with E-state index < -0.39 is 0 Å². The number of para-hydroxylation sites is 1. The zero-order valence-electron chi connectivity index (χ0n) is 14.2. The first-order chi connectivity index (χ1) is 11.1. The second-order valence-corrected chi connectivity index (χ2v) is 5.87. The topological polar surface area (TPSA) is 65.9 Å². The molecule has 0 aliphatic heterocycles. The van der Waals surface area contributed by atoms with Gasteiger partial charge in [0.15, 0.2) is 5.96 Å². The smallest absolute Gasteiger partial charge is 0.191 e. The summed E-state index contributed by atoms with van der Waals surface area (Å²) in [6.45, 7) is 8.17. The van der Waals surface area contributed by atoms with Crippen LogP contribution in [0.4, 0.5) is 0 Å². The first-order valence-electron chi connectivity index (χ1n) is 8.14. The Bertz CT molecular complexity index is 483. The first-order valence-corrected chi connectivity index (χ1v) is 8.52. The molecular weight excluding hydrogens is 314 g/mol. The van der Waals surface area contributed by atoms with E-state index in [1.54, 1.807) is 0 Å². The summed E-state index contributed by atoms with van der Waals surface area (Å²) in [6, 6.07) is 7.47. The molecule has 0 aliphatic rings. The van der Waals surface area contributed by atoms with Crippen molar-refractivity contribution in [3.05, 3.63) is 29.3 Å². The number of aliphatic hydroxyl groups is 1. The minimum atomic E-state index is -0.00554. The molecule has 1 rings (SSSR count). The summed E-state index contributed by atoms with van der Waals surface area (Å²) < 4.78 is 5.95. The predicted molar refractivity (Wildman–Crippen MR) is 96.4 cm³/mol. The van der Waals surface area contributed by atoms with Crippen LogP contribution in [0.25, 0.3) is 0 Å². The monoisotopic (exact) mass is 341 g/mol. The minimum Gasteiger partial charge on any atom is -0.487 e. The van der Waals surface area contributed by atoms with Crippen molar-refractivity contribution in [1.29, 1.82) is 0 Å². The molecule has 0 saturated heterocycles. The van der Waals surface area contributed by atoms with Crippen LogP contribution in [0.2, 0.25) is 5.02 Å².